The molecule has 0 N–H and O–H groups in total. The van der Waals surface area contributed by atoms with E-state index in [9.17, 15) is 0 Å². The molecule has 0 amide bonds. The molecule has 0 aliphatic carbocycles. The summed E-state index contributed by atoms with van der Waals surface area (Å²) in [5, 5.41) is 2.02. The molecule has 0 aliphatic rings. The molecule has 0 unspecified atom stereocenters. The predicted octanol–water partition coefficient (Wildman–Crippen LogP) is 12.2. The number of benzene rings is 7. The summed E-state index contributed by atoms with van der Waals surface area (Å²) in [6.07, 6.45) is 5.22. The molecule has 5 nitrogen and oxygen atoms in total. The number of ether oxygens (including phenoxy) is 1. The molecular formula is C52H38N4OPt-2. The molecule has 0 atom stereocenters. The van der Waals surface area contributed by atoms with E-state index in [0.29, 0.717) is 28.2 Å². The van der Waals surface area contributed by atoms with Gasteiger partial charge in [0.15, 0.2) is 0 Å². The number of imidazole rings is 1. The Morgan fingerprint density at radius 3 is 2.03 bits per heavy atom. The first-order chi connectivity index (χ1) is 32.0. The van der Waals surface area contributed by atoms with Crippen molar-refractivity contribution in [1.82, 2.24) is 14.1 Å². The maximum absolute atomic E-state index is 8.98. The van der Waals surface area contributed by atoms with Crippen LogP contribution >= 0.6 is 0 Å². The van der Waals surface area contributed by atoms with Crippen molar-refractivity contribution in [2.75, 3.05) is 0 Å². The molecule has 58 heavy (non-hydrogen) atoms. The molecule has 3 heterocycles. The van der Waals surface area contributed by atoms with Gasteiger partial charge in [-0.2, -0.15) is 18.2 Å². The number of pyridine rings is 1. The second-order valence-electron chi connectivity index (χ2n) is 14.6. The Balaban J connectivity index is 0.00000578. The largest absolute Gasteiger partial charge is 0.510 e. The van der Waals surface area contributed by atoms with E-state index < -0.39 is 60.4 Å². The normalized spacial score (nSPS) is 14.0. The van der Waals surface area contributed by atoms with Gasteiger partial charge < -0.3 is 13.9 Å². The van der Waals surface area contributed by atoms with Crippen LogP contribution in [0.2, 0.25) is 0 Å². The van der Waals surface area contributed by atoms with Crippen molar-refractivity contribution in [3.8, 4) is 50.9 Å². The minimum Gasteiger partial charge on any atom is -0.510 e. The molecule has 0 saturated heterocycles. The first-order valence-electron chi connectivity index (χ1n) is 23.4. The number of nitrogens with zero attached hydrogens (tertiary/aromatic N) is 4. The maximum atomic E-state index is 8.98. The van der Waals surface area contributed by atoms with Crippen LogP contribution in [0.5, 0.6) is 11.5 Å². The standard InChI is InChI=1S/C52H38N4O.Pt/c1-52(2,3)38-30-31-53-50(32-38)56-46-25-11-10-22-44(46)45-29-28-41(34-49(45)56)57-40-21-14-20-39(33-40)54-35-55(48-27-13-12-26-47(48)54)51-42(36-16-6-4-7-17-36)23-15-24-43(51)37-18-8-5-9-19-37;/h4-32H,1-3H3;/q-2;/i4D,5D,6D,7D,8D,9D,16D,17D,18D,19D;. The molecule has 0 spiro atoms. The Morgan fingerprint density at radius 1 is 0.655 bits per heavy atom. The molecule has 3 aromatic heterocycles. The molecule has 0 aliphatic heterocycles. The van der Waals surface area contributed by atoms with Crippen molar-refractivity contribution in [1.29, 1.82) is 0 Å². The molecule has 6 heteroatoms. The Morgan fingerprint density at radius 2 is 1.31 bits per heavy atom. The molecular weight excluding hydrogens is 892 g/mol. The first kappa shape index (κ1) is 27.1. The molecule has 0 fully saturated rings. The second-order valence-corrected chi connectivity index (χ2v) is 14.6. The van der Waals surface area contributed by atoms with E-state index in [0.717, 1.165) is 33.2 Å². The summed E-state index contributed by atoms with van der Waals surface area (Å²) in [5.41, 5.74) is 4.63. The van der Waals surface area contributed by atoms with Crippen LogP contribution in [-0.2, 0) is 26.5 Å². The Hall–Kier alpha value is -6.55. The number of rotatable bonds is 7. The molecule has 10 aromatic rings. The van der Waals surface area contributed by atoms with E-state index in [1.807, 2.05) is 66.9 Å². The molecule has 0 saturated carbocycles. The smallest absolute Gasteiger partial charge is 0.268 e. The summed E-state index contributed by atoms with van der Waals surface area (Å²) >= 11 is 0. The fraction of sp³-hybridized carbons (Fsp3) is 0.0769. The summed E-state index contributed by atoms with van der Waals surface area (Å²) in [7, 11) is 0. The molecule has 0 radical (unpaired) electrons. The quantitative estimate of drug-likeness (QED) is 0.118. The van der Waals surface area contributed by atoms with Crippen molar-refractivity contribution >= 4 is 32.8 Å². The van der Waals surface area contributed by atoms with Gasteiger partial charge in [0.2, 0.25) is 0 Å². The zero-order chi connectivity index (χ0) is 47.2. The summed E-state index contributed by atoms with van der Waals surface area (Å²) < 4.78 is 98.6. The summed E-state index contributed by atoms with van der Waals surface area (Å²) in [5.74, 6) is 1.55. The van der Waals surface area contributed by atoms with E-state index in [-0.39, 0.29) is 54.4 Å². The van der Waals surface area contributed by atoms with E-state index >= 15 is 0 Å². The predicted molar refractivity (Wildman–Crippen MR) is 230 cm³/mol. The van der Waals surface area contributed by atoms with Crippen LogP contribution in [-0.4, -0.2) is 14.1 Å². The van der Waals surface area contributed by atoms with Gasteiger partial charge in [-0.3, -0.25) is 4.57 Å². The van der Waals surface area contributed by atoms with Crippen LogP contribution in [0.25, 0.3) is 72.3 Å². The van der Waals surface area contributed by atoms with Gasteiger partial charge in [-0.25, -0.2) is 4.98 Å². The van der Waals surface area contributed by atoms with Gasteiger partial charge in [0.05, 0.1) is 30.4 Å². The van der Waals surface area contributed by atoms with Crippen molar-refractivity contribution in [2.45, 2.75) is 26.2 Å². The van der Waals surface area contributed by atoms with Gasteiger partial charge in [0.25, 0.3) is 6.33 Å². The fourth-order valence-electron chi connectivity index (χ4n) is 7.28. The van der Waals surface area contributed by atoms with Gasteiger partial charge in [-0.15, -0.1) is 29.7 Å². The van der Waals surface area contributed by atoms with E-state index in [4.69, 9.17) is 23.4 Å². The van der Waals surface area contributed by atoms with Crippen molar-refractivity contribution in [3.05, 3.63) is 200 Å². The first-order valence-corrected chi connectivity index (χ1v) is 18.4. The summed E-state index contributed by atoms with van der Waals surface area (Å²) in [4.78, 5) is 4.79. The Labute approximate surface area is 366 Å². The van der Waals surface area contributed by atoms with Crippen LogP contribution in [0.4, 0.5) is 0 Å². The second kappa shape index (κ2) is 15.1. The van der Waals surface area contributed by atoms with E-state index in [2.05, 4.69) is 62.0 Å². The third-order valence-electron chi connectivity index (χ3n) is 9.97. The van der Waals surface area contributed by atoms with Crippen LogP contribution in [0.15, 0.2) is 176 Å². The maximum Gasteiger partial charge on any atom is 0.268 e. The fourth-order valence-corrected chi connectivity index (χ4v) is 7.28. The van der Waals surface area contributed by atoms with Gasteiger partial charge in [-0.05, 0) is 62.5 Å². The van der Waals surface area contributed by atoms with Gasteiger partial charge >= 0.3 is 0 Å². The molecule has 7 aromatic carbocycles. The SMILES string of the molecule is [2H]c1c([2H])c([2H])c(-c2cccc(-c3c([2H])c([2H])c([2H])c([2H])c3[2H])c2-[n+]2[c-]n(-c3[c-]c(Oc4[c-]c5c(cc4)c4ccccc4n5-c4cc(C(C)(C)C)ccn4)ccc3)c3ccccc32)c([2H])c1[2H].[Pt]. The third-order valence-corrected chi connectivity index (χ3v) is 9.97. The monoisotopic (exact) mass is 939 g/mol. The third kappa shape index (κ3) is 6.62. The molecule has 284 valence electrons. The van der Waals surface area contributed by atoms with Crippen molar-refractivity contribution in [2.24, 2.45) is 0 Å². The number of hydrogen-bond acceptors (Lipinski definition) is 2. The number of fused-ring (bicyclic) bond motifs is 4. The van der Waals surface area contributed by atoms with Gasteiger partial charge in [0, 0.05) is 44.3 Å². The Bertz CT molecular complexity index is 3550. The number of aromatic nitrogens is 4. The average Bonchev–Trinajstić information content (AvgIpc) is 3.87. The number of hydrogen-bond donors (Lipinski definition) is 0. The zero-order valence-corrected chi connectivity index (χ0v) is 33.8. The number of para-hydroxylation sites is 4. The molecule has 10 rings (SSSR count). The average molecular weight is 940 g/mol. The van der Waals surface area contributed by atoms with Crippen molar-refractivity contribution < 1.29 is 44.1 Å². The summed E-state index contributed by atoms with van der Waals surface area (Å²) in [6.45, 7) is 6.50. The van der Waals surface area contributed by atoms with Crippen LogP contribution in [0.1, 0.15) is 40.0 Å². The van der Waals surface area contributed by atoms with E-state index in [1.54, 1.807) is 39.5 Å². The summed E-state index contributed by atoms with van der Waals surface area (Å²) in [6, 6.07) is 35.2. The zero-order valence-electron chi connectivity index (χ0n) is 41.5. The minimum atomic E-state index is -0.571. The molecule has 0 bridgehead atoms. The van der Waals surface area contributed by atoms with Gasteiger partial charge in [0.1, 0.15) is 5.82 Å². The van der Waals surface area contributed by atoms with Crippen LogP contribution in [0.3, 0.4) is 0 Å². The van der Waals surface area contributed by atoms with Crippen LogP contribution in [0, 0.1) is 18.5 Å². The van der Waals surface area contributed by atoms with E-state index in [1.165, 1.54) is 0 Å². The minimum absolute atomic E-state index is 0. The van der Waals surface area contributed by atoms with Gasteiger partial charge in [-0.1, -0.05) is 147 Å². The Kier molecular flexibility index (Phi) is 7.06. The van der Waals surface area contributed by atoms with Crippen molar-refractivity contribution in [3.63, 3.8) is 0 Å². The topological polar surface area (TPSA) is 35.9 Å². The van der Waals surface area contributed by atoms with Crippen LogP contribution < -0.4 is 9.30 Å².